The van der Waals surface area contributed by atoms with Crippen LogP contribution in [0.25, 0.3) is 11.3 Å². The summed E-state index contributed by atoms with van der Waals surface area (Å²) in [6.07, 6.45) is -0.808. The third-order valence-corrected chi connectivity index (χ3v) is 2.46. The van der Waals surface area contributed by atoms with E-state index in [0.717, 1.165) is 17.0 Å². The average molecular weight is 229 g/mol. The maximum absolute atomic E-state index is 9.68. The molecular weight excluding hydrogens is 214 g/mol. The van der Waals surface area contributed by atoms with Crippen molar-refractivity contribution in [3.8, 4) is 11.3 Å². The van der Waals surface area contributed by atoms with Crippen molar-refractivity contribution in [1.29, 1.82) is 0 Å². The highest BCUT2D eigenvalue weighted by atomic mass is 16.3. The van der Waals surface area contributed by atoms with Crippen LogP contribution in [0.1, 0.15) is 17.6 Å². The third kappa shape index (κ3) is 2.67. The predicted octanol–water partition coefficient (Wildman–Crippen LogP) is 1.44. The van der Waals surface area contributed by atoms with Gasteiger partial charge >= 0.3 is 0 Å². The molecular formula is C13H15N3O. The molecule has 0 aliphatic carbocycles. The van der Waals surface area contributed by atoms with Crippen molar-refractivity contribution in [2.24, 2.45) is 5.73 Å². The van der Waals surface area contributed by atoms with Crippen LogP contribution < -0.4 is 5.73 Å². The Hall–Kier alpha value is -1.78. The molecule has 2 rings (SSSR count). The molecule has 88 valence electrons. The van der Waals surface area contributed by atoms with Gasteiger partial charge in [0.05, 0.1) is 5.69 Å². The topological polar surface area (TPSA) is 72.0 Å². The van der Waals surface area contributed by atoms with E-state index in [4.69, 9.17) is 5.73 Å². The Bertz CT molecular complexity index is 499. The van der Waals surface area contributed by atoms with Crippen LogP contribution in [0.4, 0.5) is 0 Å². The number of rotatable bonds is 3. The maximum atomic E-state index is 9.68. The van der Waals surface area contributed by atoms with Crippen LogP contribution in [0.3, 0.4) is 0 Å². The van der Waals surface area contributed by atoms with E-state index in [9.17, 15) is 5.11 Å². The SMILES string of the molecule is Cc1cc(-c2ccccc2)nc(C(O)CN)n1. The van der Waals surface area contributed by atoms with Crippen molar-refractivity contribution >= 4 is 0 Å². The molecule has 0 amide bonds. The van der Waals surface area contributed by atoms with Gasteiger partial charge in [0.15, 0.2) is 5.82 Å². The molecule has 1 heterocycles. The van der Waals surface area contributed by atoms with Gasteiger partial charge < -0.3 is 10.8 Å². The number of hydrogen-bond donors (Lipinski definition) is 2. The lowest BCUT2D eigenvalue weighted by Crippen LogP contribution is -2.15. The van der Waals surface area contributed by atoms with Gasteiger partial charge in [0, 0.05) is 17.8 Å². The molecule has 2 aromatic rings. The molecule has 0 radical (unpaired) electrons. The van der Waals surface area contributed by atoms with Crippen LogP contribution in [0.2, 0.25) is 0 Å². The zero-order valence-corrected chi connectivity index (χ0v) is 9.67. The minimum absolute atomic E-state index is 0.123. The quantitative estimate of drug-likeness (QED) is 0.835. The number of hydrogen-bond acceptors (Lipinski definition) is 4. The van der Waals surface area contributed by atoms with Crippen molar-refractivity contribution < 1.29 is 5.11 Å². The molecule has 17 heavy (non-hydrogen) atoms. The lowest BCUT2D eigenvalue weighted by atomic mass is 10.1. The predicted molar refractivity (Wildman–Crippen MR) is 66.2 cm³/mol. The van der Waals surface area contributed by atoms with Crippen LogP contribution in [0.5, 0.6) is 0 Å². The lowest BCUT2D eigenvalue weighted by molar-refractivity contribution is 0.176. The summed E-state index contributed by atoms with van der Waals surface area (Å²) in [6, 6.07) is 11.7. The summed E-state index contributed by atoms with van der Waals surface area (Å²) in [7, 11) is 0. The van der Waals surface area contributed by atoms with E-state index in [1.165, 1.54) is 0 Å². The molecule has 0 saturated heterocycles. The summed E-state index contributed by atoms with van der Waals surface area (Å²) in [6.45, 7) is 2.00. The summed E-state index contributed by atoms with van der Waals surface area (Å²) in [5.74, 6) is 0.381. The van der Waals surface area contributed by atoms with E-state index < -0.39 is 6.10 Å². The van der Waals surface area contributed by atoms with Crippen LogP contribution in [0.15, 0.2) is 36.4 Å². The molecule has 0 fully saturated rings. The second-order valence-electron chi connectivity index (χ2n) is 3.87. The molecule has 0 saturated carbocycles. The van der Waals surface area contributed by atoms with E-state index in [-0.39, 0.29) is 6.54 Å². The van der Waals surface area contributed by atoms with Gasteiger partial charge in [-0.05, 0) is 13.0 Å². The highest BCUT2D eigenvalue weighted by molar-refractivity contribution is 5.59. The van der Waals surface area contributed by atoms with Crippen molar-refractivity contribution in [3.63, 3.8) is 0 Å². The number of aliphatic hydroxyl groups excluding tert-OH is 1. The molecule has 3 N–H and O–H groups in total. The first-order chi connectivity index (χ1) is 8.20. The smallest absolute Gasteiger partial charge is 0.159 e. The first kappa shape index (κ1) is 11.7. The van der Waals surface area contributed by atoms with E-state index in [1.54, 1.807) is 0 Å². The number of benzene rings is 1. The molecule has 4 heteroatoms. The van der Waals surface area contributed by atoms with Gasteiger partial charge in [-0.3, -0.25) is 0 Å². The summed E-state index contributed by atoms with van der Waals surface area (Å²) in [5.41, 5.74) is 8.04. The second kappa shape index (κ2) is 5.03. The minimum Gasteiger partial charge on any atom is -0.384 e. The zero-order valence-electron chi connectivity index (χ0n) is 9.67. The van der Waals surface area contributed by atoms with Crippen LogP contribution in [-0.4, -0.2) is 21.6 Å². The molecule has 1 atom stereocenters. The van der Waals surface area contributed by atoms with Crippen molar-refractivity contribution in [1.82, 2.24) is 9.97 Å². The fraction of sp³-hybridized carbons (Fsp3) is 0.231. The number of nitrogens with two attached hydrogens (primary N) is 1. The zero-order chi connectivity index (χ0) is 12.3. The van der Waals surface area contributed by atoms with Crippen LogP contribution in [0, 0.1) is 6.92 Å². The lowest BCUT2D eigenvalue weighted by Gasteiger charge is -2.09. The van der Waals surface area contributed by atoms with Crippen molar-refractivity contribution in [2.45, 2.75) is 13.0 Å². The van der Waals surface area contributed by atoms with E-state index in [1.807, 2.05) is 43.3 Å². The summed E-state index contributed by atoms with van der Waals surface area (Å²) in [4.78, 5) is 8.52. The van der Waals surface area contributed by atoms with Gasteiger partial charge in [-0.15, -0.1) is 0 Å². The second-order valence-corrected chi connectivity index (χ2v) is 3.87. The standard InChI is InChI=1S/C13H15N3O/c1-9-7-11(10-5-3-2-4-6-10)16-13(15-9)12(17)8-14/h2-7,12,17H,8,14H2,1H3. The highest BCUT2D eigenvalue weighted by Crippen LogP contribution is 2.19. The summed E-state index contributed by atoms with van der Waals surface area (Å²) >= 11 is 0. The Morgan fingerprint density at radius 1 is 1.24 bits per heavy atom. The molecule has 0 spiro atoms. The van der Waals surface area contributed by atoms with Gasteiger partial charge in [-0.1, -0.05) is 30.3 Å². The van der Waals surface area contributed by atoms with Crippen molar-refractivity contribution in [3.05, 3.63) is 47.9 Å². The Kier molecular flexibility index (Phi) is 3.46. The number of aromatic nitrogens is 2. The Morgan fingerprint density at radius 2 is 1.94 bits per heavy atom. The first-order valence-electron chi connectivity index (χ1n) is 5.50. The molecule has 1 aromatic heterocycles. The third-order valence-electron chi connectivity index (χ3n) is 2.46. The summed E-state index contributed by atoms with van der Waals surface area (Å²) < 4.78 is 0. The number of nitrogens with zero attached hydrogens (tertiary/aromatic N) is 2. The van der Waals surface area contributed by atoms with E-state index in [0.29, 0.717) is 5.82 Å². The normalized spacial score (nSPS) is 12.4. The van der Waals surface area contributed by atoms with Crippen LogP contribution in [-0.2, 0) is 0 Å². The minimum atomic E-state index is -0.808. The van der Waals surface area contributed by atoms with E-state index >= 15 is 0 Å². The molecule has 0 bridgehead atoms. The highest BCUT2D eigenvalue weighted by Gasteiger charge is 2.11. The fourth-order valence-electron chi connectivity index (χ4n) is 1.60. The number of aliphatic hydroxyl groups is 1. The molecule has 4 nitrogen and oxygen atoms in total. The monoisotopic (exact) mass is 229 g/mol. The molecule has 0 aliphatic rings. The van der Waals surface area contributed by atoms with Gasteiger partial charge in [0.25, 0.3) is 0 Å². The molecule has 1 aromatic carbocycles. The van der Waals surface area contributed by atoms with Gasteiger partial charge in [-0.25, -0.2) is 9.97 Å². The van der Waals surface area contributed by atoms with E-state index in [2.05, 4.69) is 9.97 Å². The Morgan fingerprint density at radius 3 is 2.59 bits per heavy atom. The van der Waals surface area contributed by atoms with Crippen LogP contribution >= 0.6 is 0 Å². The van der Waals surface area contributed by atoms with Gasteiger partial charge in [-0.2, -0.15) is 0 Å². The van der Waals surface area contributed by atoms with Gasteiger partial charge in [0.1, 0.15) is 6.10 Å². The first-order valence-corrected chi connectivity index (χ1v) is 5.50. The molecule has 0 aliphatic heterocycles. The Balaban J connectivity index is 2.45. The maximum Gasteiger partial charge on any atom is 0.159 e. The van der Waals surface area contributed by atoms with Crippen molar-refractivity contribution in [2.75, 3.05) is 6.54 Å². The van der Waals surface area contributed by atoms with Gasteiger partial charge in [0.2, 0.25) is 0 Å². The largest absolute Gasteiger partial charge is 0.384 e. The number of aryl methyl sites for hydroxylation is 1. The Labute approximate surface area is 100 Å². The molecule has 1 unspecified atom stereocenters. The summed E-state index contributed by atoms with van der Waals surface area (Å²) in [5, 5.41) is 9.68. The average Bonchev–Trinajstić information content (AvgIpc) is 2.38. The fourth-order valence-corrected chi connectivity index (χ4v) is 1.60.